The topological polar surface area (TPSA) is 64.1 Å². The Morgan fingerprint density at radius 1 is 0.735 bits per heavy atom. The molecule has 0 saturated heterocycles. The molecule has 5 nitrogen and oxygen atoms in total. The number of nitrogens with zero attached hydrogens (tertiary/aromatic N) is 3. The van der Waals surface area contributed by atoms with E-state index in [-0.39, 0.29) is 32.4 Å². The Bertz CT molecular complexity index is 2760. The second-order valence-electron chi connectivity index (χ2n) is 11.7. The molecule has 0 aliphatic heterocycles. The molecule has 238 valence electrons. The maximum atomic E-state index is 11.2. The molecule has 0 saturated carbocycles. The van der Waals surface area contributed by atoms with Crippen molar-refractivity contribution in [1.29, 1.82) is 0 Å². The van der Waals surface area contributed by atoms with Gasteiger partial charge in [-0.05, 0) is 65.7 Å². The molecule has 9 aromatic rings. The Hall–Kier alpha value is -5.77. The number of phenols is 1. The van der Waals surface area contributed by atoms with Crippen LogP contribution in [0.5, 0.6) is 5.75 Å². The van der Waals surface area contributed by atoms with Crippen molar-refractivity contribution in [2.45, 2.75) is 6.85 Å². The number of hydrogen-bond donors (Lipinski definition) is 1. The van der Waals surface area contributed by atoms with Gasteiger partial charge in [0.05, 0.1) is 27.9 Å². The van der Waals surface area contributed by atoms with Gasteiger partial charge >= 0.3 is 0 Å². The zero-order chi connectivity index (χ0) is 34.7. The summed E-state index contributed by atoms with van der Waals surface area (Å²) in [6.07, 6.45) is 1.76. The molecule has 0 aliphatic rings. The Morgan fingerprint density at radius 3 is 2.37 bits per heavy atom. The van der Waals surface area contributed by atoms with E-state index in [2.05, 4.69) is 11.1 Å². The van der Waals surface area contributed by atoms with Gasteiger partial charge in [0.2, 0.25) is 0 Å². The van der Waals surface area contributed by atoms with Crippen LogP contribution in [0.15, 0.2) is 150 Å². The molecule has 0 bridgehead atoms. The molecule has 0 unspecified atom stereocenters. The largest absolute Gasteiger partial charge is 0.507 e. The molecule has 0 spiro atoms. The summed E-state index contributed by atoms with van der Waals surface area (Å²) in [6.45, 7) is -2.31. The Balaban J connectivity index is 0.00000387. The summed E-state index contributed by atoms with van der Waals surface area (Å²) < 4.78 is 33.0. The van der Waals surface area contributed by atoms with Crippen LogP contribution in [0.2, 0.25) is 0 Å². The molecular formula is C43H28N3O2Pt-. The smallest absolute Gasteiger partial charge is 0.148 e. The number of imidazole rings is 1. The van der Waals surface area contributed by atoms with Crippen LogP contribution in [0.3, 0.4) is 0 Å². The summed E-state index contributed by atoms with van der Waals surface area (Å²) in [6, 6.07) is 47.4. The summed E-state index contributed by atoms with van der Waals surface area (Å²) in [7, 11) is 0. The molecule has 49 heavy (non-hydrogen) atoms. The molecule has 1 N–H and O–H groups in total. The molecule has 6 heteroatoms. The number of rotatable bonds is 5. The maximum Gasteiger partial charge on any atom is 0.148 e. The van der Waals surface area contributed by atoms with E-state index in [4.69, 9.17) is 13.5 Å². The first-order chi connectivity index (χ1) is 24.8. The van der Waals surface area contributed by atoms with Gasteiger partial charge in [-0.1, -0.05) is 114 Å². The zero-order valence-electron chi connectivity index (χ0n) is 28.9. The fraction of sp³-hybridized carbons (Fsp3) is 0.0233. The molecule has 3 aromatic heterocycles. The van der Waals surface area contributed by atoms with Crippen LogP contribution in [0, 0.1) is 12.9 Å². The van der Waals surface area contributed by atoms with Gasteiger partial charge in [-0.25, -0.2) is 4.98 Å². The Morgan fingerprint density at radius 2 is 1.53 bits per heavy atom. The second-order valence-corrected chi connectivity index (χ2v) is 11.7. The zero-order valence-corrected chi connectivity index (χ0v) is 28.1. The third-order valence-corrected chi connectivity index (χ3v) is 8.77. The quantitative estimate of drug-likeness (QED) is 0.176. The summed E-state index contributed by atoms with van der Waals surface area (Å²) >= 11 is 0. The van der Waals surface area contributed by atoms with Crippen molar-refractivity contribution >= 4 is 33.0 Å². The van der Waals surface area contributed by atoms with Gasteiger partial charge in [0, 0.05) is 42.6 Å². The van der Waals surface area contributed by atoms with Crippen molar-refractivity contribution in [1.82, 2.24) is 14.5 Å². The van der Waals surface area contributed by atoms with Crippen LogP contribution >= 0.6 is 0 Å². The second kappa shape index (κ2) is 12.4. The normalized spacial score (nSPS) is 12.4. The minimum Gasteiger partial charge on any atom is -0.507 e. The number of fused-ring (bicyclic) bond motifs is 4. The predicted octanol–water partition coefficient (Wildman–Crippen LogP) is 10.8. The molecule has 3 heterocycles. The fourth-order valence-corrected chi connectivity index (χ4v) is 6.62. The predicted molar refractivity (Wildman–Crippen MR) is 193 cm³/mol. The molecule has 6 aromatic carbocycles. The number of pyridine rings is 1. The van der Waals surface area contributed by atoms with Crippen LogP contribution in [0.4, 0.5) is 0 Å². The van der Waals surface area contributed by atoms with E-state index < -0.39 is 6.85 Å². The van der Waals surface area contributed by atoms with Crippen molar-refractivity contribution in [2.24, 2.45) is 0 Å². The molecular weight excluding hydrogens is 786 g/mol. The van der Waals surface area contributed by atoms with E-state index >= 15 is 0 Å². The van der Waals surface area contributed by atoms with Crippen molar-refractivity contribution < 1.29 is 34.7 Å². The van der Waals surface area contributed by atoms with Crippen LogP contribution in [0.25, 0.3) is 83.6 Å². The van der Waals surface area contributed by atoms with Crippen molar-refractivity contribution in [3.05, 3.63) is 157 Å². The number of benzene rings is 6. The van der Waals surface area contributed by atoms with E-state index in [0.29, 0.717) is 22.5 Å². The molecule has 0 radical (unpaired) electrons. The number of aryl methyl sites for hydroxylation is 1. The maximum absolute atomic E-state index is 11.2. The van der Waals surface area contributed by atoms with Crippen molar-refractivity contribution in [2.75, 3.05) is 0 Å². The van der Waals surface area contributed by atoms with Crippen LogP contribution < -0.4 is 0 Å². The van der Waals surface area contributed by atoms with Crippen molar-refractivity contribution in [3.63, 3.8) is 0 Å². The first-order valence-electron chi connectivity index (χ1n) is 17.1. The molecule has 9 rings (SSSR count). The monoisotopic (exact) mass is 816 g/mol. The summed E-state index contributed by atoms with van der Waals surface area (Å²) in [4.78, 5) is 9.92. The first kappa shape index (κ1) is 27.2. The van der Waals surface area contributed by atoms with Gasteiger partial charge < -0.3 is 9.52 Å². The van der Waals surface area contributed by atoms with E-state index in [9.17, 15) is 5.11 Å². The molecule has 0 amide bonds. The fourth-order valence-electron chi connectivity index (χ4n) is 6.62. The minimum absolute atomic E-state index is 0. The average molecular weight is 817 g/mol. The summed E-state index contributed by atoms with van der Waals surface area (Å²) in [5.41, 5.74) is 9.12. The number of aromatic nitrogens is 3. The SMILES string of the molecule is [2H]C([2H])([2H])c1ccc(-n2c(-c3ccccc3O)nc3c(-c4[c-]c(-c5ccccn5)cc5oc6ccccc6c45)cccc32)c(-c2ccccc2)c1.[Pt]. The van der Waals surface area contributed by atoms with Gasteiger partial charge in [0.1, 0.15) is 17.2 Å². The first-order valence-corrected chi connectivity index (χ1v) is 15.6. The Labute approximate surface area is 301 Å². The number of furan rings is 1. The van der Waals surface area contributed by atoms with Gasteiger partial charge in [-0.3, -0.25) is 9.55 Å². The van der Waals surface area contributed by atoms with E-state index in [1.54, 1.807) is 30.5 Å². The third-order valence-electron chi connectivity index (χ3n) is 8.77. The minimum atomic E-state index is -2.31. The van der Waals surface area contributed by atoms with Gasteiger partial charge in [0.15, 0.2) is 0 Å². The van der Waals surface area contributed by atoms with Crippen LogP contribution in [0.1, 0.15) is 9.68 Å². The molecule has 0 fully saturated rings. The number of phenolic OH excluding ortho intramolecular Hbond substituents is 1. The van der Waals surface area contributed by atoms with E-state index in [1.165, 1.54) is 0 Å². The summed E-state index contributed by atoms with van der Waals surface area (Å²) in [5, 5.41) is 13.1. The van der Waals surface area contributed by atoms with E-state index in [1.807, 2.05) is 120 Å². The number of aromatic hydroxyl groups is 1. The summed E-state index contributed by atoms with van der Waals surface area (Å²) in [5.74, 6) is 0.575. The van der Waals surface area contributed by atoms with Gasteiger partial charge in [0.25, 0.3) is 0 Å². The average Bonchev–Trinajstić information content (AvgIpc) is 3.73. The number of para-hydroxylation sites is 3. The molecule has 0 aliphatic carbocycles. The Kier molecular flexibility index (Phi) is 6.86. The standard InChI is InChI=1S/C43H28N3O2.Pt/c1-27-21-22-36(33(24-27)28-12-3-2-4-13-28)46-37-18-11-16-30(42(37)45-43(46)31-14-5-7-19-38(31)47)34-25-29(35-17-9-10-23-44-35)26-40-41(34)32-15-6-8-20-39(32)48-40;/h2-24,26,47H,1H3;/q-1;/i1D3;. The number of hydrogen-bond acceptors (Lipinski definition) is 4. The molecule has 0 atom stereocenters. The third kappa shape index (κ3) is 5.15. The van der Waals surface area contributed by atoms with E-state index in [0.717, 1.165) is 61.1 Å². The van der Waals surface area contributed by atoms with Gasteiger partial charge in [-0.15, -0.1) is 11.6 Å². The van der Waals surface area contributed by atoms with Gasteiger partial charge in [-0.2, -0.15) is 0 Å². The van der Waals surface area contributed by atoms with Crippen molar-refractivity contribution in [3.8, 4) is 56.3 Å². The van der Waals surface area contributed by atoms with Crippen LogP contribution in [-0.4, -0.2) is 19.6 Å². The van der Waals surface area contributed by atoms with Crippen LogP contribution in [-0.2, 0) is 21.1 Å².